The molecule has 0 atom stereocenters. The minimum Gasteiger partial charge on any atom is -0.399 e. The number of nitrogens with zero attached hydrogens (tertiary/aromatic N) is 1. The third kappa shape index (κ3) is 1.95. The van der Waals surface area contributed by atoms with Gasteiger partial charge in [0, 0.05) is 16.8 Å². The van der Waals surface area contributed by atoms with Crippen LogP contribution >= 0.6 is 0 Å². The first kappa shape index (κ1) is 11.1. The normalized spacial score (nSPS) is 10.1. The first-order valence-corrected chi connectivity index (χ1v) is 5.22. The molecule has 1 aromatic heterocycles. The predicted molar refractivity (Wildman–Crippen MR) is 68.7 cm³/mol. The summed E-state index contributed by atoms with van der Waals surface area (Å²) in [5, 5.41) is 3.58. The quantitative estimate of drug-likeness (QED) is 0.575. The number of nitrogens with two attached hydrogens (primary N) is 1. The van der Waals surface area contributed by atoms with Crippen LogP contribution in [0.2, 0.25) is 0 Å². The highest BCUT2D eigenvalue weighted by Crippen LogP contribution is 2.21. The van der Waals surface area contributed by atoms with Crippen LogP contribution in [-0.4, -0.2) is 17.1 Å². The zero-order chi connectivity index (χ0) is 12.4. The van der Waals surface area contributed by atoms with E-state index in [1.165, 1.54) is 0 Å². The minimum atomic E-state index is -0.222. The SMILES string of the molecule is C#CCNC(=O)n1c(C)cc2cc(N)ccc21. The standard InChI is InChI=1S/C13H13N3O/c1-3-6-15-13(17)16-9(2)7-10-8-11(14)4-5-12(10)16/h1,4-5,7-8H,6,14H2,2H3,(H,15,17). The van der Waals surface area contributed by atoms with E-state index in [0.717, 1.165) is 16.6 Å². The molecule has 0 bridgehead atoms. The number of carbonyl (C=O) groups is 1. The van der Waals surface area contributed by atoms with Crippen LogP contribution < -0.4 is 11.1 Å². The second-order valence-electron chi connectivity index (χ2n) is 3.80. The average Bonchev–Trinajstić information content (AvgIpc) is 2.61. The maximum atomic E-state index is 11.9. The smallest absolute Gasteiger partial charge is 0.327 e. The Morgan fingerprint density at radius 3 is 3.00 bits per heavy atom. The van der Waals surface area contributed by atoms with Crippen LogP contribution in [0.4, 0.5) is 10.5 Å². The summed E-state index contributed by atoms with van der Waals surface area (Å²) in [6.07, 6.45) is 5.11. The third-order valence-electron chi connectivity index (χ3n) is 2.55. The van der Waals surface area contributed by atoms with Gasteiger partial charge < -0.3 is 11.1 Å². The molecule has 4 nitrogen and oxygen atoms in total. The molecule has 0 aliphatic rings. The van der Waals surface area contributed by atoms with Gasteiger partial charge in [0.1, 0.15) is 0 Å². The topological polar surface area (TPSA) is 60.0 Å². The number of aromatic nitrogens is 1. The Bertz CT molecular complexity index is 619. The van der Waals surface area contributed by atoms with Crippen LogP contribution in [0.15, 0.2) is 24.3 Å². The van der Waals surface area contributed by atoms with Gasteiger partial charge in [-0.2, -0.15) is 0 Å². The van der Waals surface area contributed by atoms with Crippen molar-refractivity contribution in [2.24, 2.45) is 0 Å². The summed E-state index contributed by atoms with van der Waals surface area (Å²) in [5.74, 6) is 2.37. The molecule has 0 saturated heterocycles. The number of fused-ring (bicyclic) bond motifs is 1. The molecule has 4 heteroatoms. The fourth-order valence-corrected chi connectivity index (χ4v) is 1.85. The summed E-state index contributed by atoms with van der Waals surface area (Å²) in [6, 6.07) is 7.13. The molecule has 17 heavy (non-hydrogen) atoms. The molecule has 0 saturated carbocycles. The molecule has 1 heterocycles. The molecule has 1 amide bonds. The number of benzene rings is 1. The zero-order valence-corrected chi connectivity index (χ0v) is 9.53. The van der Waals surface area contributed by atoms with Crippen molar-refractivity contribution in [2.45, 2.75) is 6.92 Å². The van der Waals surface area contributed by atoms with Crippen molar-refractivity contribution in [1.29, 1.82) is 0 Å². The Morgan fingerprint density at radius 2 is 2.29 bits per heavy atom. The van der Waals surface area contributed by atoms with E-state index in [2.05, 4.69) is 11.2 Å². The molecule has 0 spiro atoms. The van der Waals surface area contributed by atoms with Crippen molar-refractivity contribution < 1.29 is 4.79 Å². The van der Waals surface area contributed by atoms with Gasteiger partial charge in [0.15, 0.2) is 0 Å². The van der Waals surface area contributed by atoms with Crippen molar-refractivity contribution in [3.8, 4) is 12.3 Å². The van der Waals surface area contributed by atoms with Gasteiger partial charge in [0.05, 0.1) is 12.1 Å². The van der Waals surface area contributed by atoms with Crippen molar-refractivity contribution in [1.82, 2.24) is 9.88 Å². The van der Waals surface area contributed by atoms with Gasteiger partial charge in [-0.05, 0) is 31.2 Å². The summed E-state index contributed by atoms with van der Waals surface area (Å²) >= 11 is 0. The Hall–Kier alpha value is -2.41. The van der Waals surface area contributed by atoms with Gasteiger partial charge >= 0.3 is 6.03 Å². The maximum absolute atomic E-state index is 11.9. The van der Waals surface area contributed by atoms with E-state index in [0.29, 0.717) is 5.69 Å². The van der Waals surface area contributed by atoms with Crippen LogP contribution in [0, 0.1) is 19.3 Å². The molecule has 2 aromatic rings. The summed E-state index contributed by atoms with van der Waals surface area (Å²) in [4.78, 5) is 11.9. The molecule has 0 aliphatic carbocycles. The Labute approximate surface area is 99.4 Å². The minimum absolute atomic E-state index is 0.215. The van der Waals surface area contributed by atoms with E-state index in [4.69, 9.17) is 12.2 Å². The van der Waals surface area contributed by atoms with Crippen molar-refractivity contribution >= 4 is 22.6 Å². The molecule has 0 aliphatic heterocycles. The van der Waals surface area contributed by atoms with E-state index in [1.807, 2.05) is 25.1 Å². The number of nitrogens with one attached hydrogen (secondary N) is 1. The number of nitrogen functional groups attached to an aromatic ring is 1. The fourth-order valence-electron chi connectivity index (χ4n) is 1.85. The van der Waals surface area contributed by atoms with Crippen molar-refractivity contribution in [3.63, 3.8) is 0 Å². The largest absolute Gasteiger partial charge is 0.399 e. The van der Waals surface area contributed by atoms with Crippen LogP contribution in [0.5, 0.6) is 0 Å². The first-order valence-electron chi connectivity index (χ1n) is 5.22. The number of terminal acetylenes is 1. The van der Waals surface area contributed by atoms with Gasteiger partial charge in [-0.1, -0.05) is 5.92 Å². The average molecular weight is 227 g/mol. The first-order chi connectivity index (χ1) is 8.13. The van der Waals surface area contributed by atoms with Gasteiger partial charge in [-0.25, -0.2) is 4.79 Å². The number of hydrogen-bond acceptors (Lipinski definition) is 2. The predicted octanol–water partition coefficient (Wildman–Crippen LogP) is 1.72. The molecule has 3 N–H and O–H groups in total. The van der Waals surface area contributed by atoms with Crippen LogP contribution in [-0.2, 0) is 0 Å². The number of amides is 1. The molecule has 1 aromatic carbocycles. The molecule has 0 fully saturated rings. The number of hydrogen-bond donors (Lipinski definition) is 2. The van der Waals surface area contributed by atoms with Crippen LogP contribution in [0.25, 0.3) is 10.9 Å². The van der Waals surface area contributed by atoms with E-state index in [9.17, 15) is 4.79 Å². The monoisotopic (exact) mass is 227 g/mol. The number of rotatable bonds is 1. The molecular formula is C13H13N3O. The molecule has 0 unspecified atom stereocenters. The lowest BCUT2D eigenvalue weighted by atomic mass is 10.2. The Kier molecular flexibility index (Phi) is 2.75. The molecule has 2 rings (SSSR count). The lowest BCUT2D eigenvalue weighted by molar-refractivity contribution is 0.244. The number of aryl methyl sites for hydroxylation is 1. The summed E-state index contributed by atoms with van der Waals surface area (Å²) in [7, 11) is 0. The maximum Gasteiger partial charge on any atom is 0.327 e. The number of anilines is 1. The summed E-state index contributed by atoms with van der Waals surface area (Å²) < 4.78 is 1.59. The van der Waals surface area contributed by atoms with Crippen LogP contribution in [0.1, 0.15) is 5.69 Å². The van der Waals surface area contributed by atoms with Crippen LogP contribution in [0.3, 0.4) is 0 Å². The molecule has 0 radical (unpaired) electrons. The van der Waals surface area contributed by atoms with Gasteiger partial charge in [-0.15, -0.1) is 6.42 Å². The second kappa shape index (κ2) is 4.22. The van der Waals surface area contributed by atoms with Crippen molar-refractivity contribution in [2.75, 3.05) is 12.3 Å². The van der Waals surface area contributed by atoms with Gasteiger partial charge in [0.2, 0.25) is 0 Å². The van der Waals surface area contributed by atoms with Crippen molar-refractivity contribution in [3.05, 3.63) is 30.0 Å². The highest BCUT2D eigenvalue weighted by Gasteiger charge is 2.11. The summed E-state index contributed by atoms with van der Waals surface area (Å²) in [6.45, 7) is 2.08. The highest BCUT2D eigenvalue weighted by molar-refractivity contribution is 5.94. The lowest BCUT2D eigenvalue weighted by Crippen LogP contribution is -2.29. The van der Waals surface area contributed by atoms with E-state index in [-0.39, 0.29) is 12.6 Å². The second-order valence-corrected chi connectivity index (χ2v) is 3.80. The van der Waals surface area contributed by atoms with E-state index in [1.54, 1.807) is 10.6 Å². The third-order valence-corrected chi connectivity index (χ3v) is 2.55. The number of carbonyl (C=O) groups excluding carboxylic acids is 1. The fraction of sp³-hybridized carbons (Fsp3) is 0.154. The van der Waals surface area contributed by atoms with Gasteiger partial charge in [0.25, 0.3) is 0 Å². The lowest BCUT2D eigenvalue weighted by Gasteiger charge is -2.06. The van der Waals surface area contributed by atoms with Gasteiger partial charge in [-0.3, -0.25) is 4.57 Å². The molecule has 86 valence electrons. The van der Waals surface area contributed by atoms with E-state index < -0.39 is 0 Å². The van der Waals surface area contributed by atoms with E-state index >= 15 is 0 Å². The summed E-state index contributed by atoms with van der Waals surface area (Å²) in [5.41, 5.74) is 8.06. The highest BCUT2D eigenvalue weighted by atomic mass is 16.2. The Balaban J connectivity index is 2.50. The molecular weight excluding hydrogens is 214 g/mol. The zero-order valence-electron chi connectivity index (χ0n) is 9.53. The Morgan fingerprint density at radius 1 is 1.53 bits per heavy atom.